The highest BCUT2D eigenvalue weighted by Crippen LogP contribution is 2.22. The van der Waals surface area contributed by atoms with Gasteiger partial charge in [0.2, 0.25) is 5.95 Å². The Bertz CT molecular complexity index is 326. The predicted octanol–water partition coefficient (Wildman–Crippen LogP) is 1.90. The summed E-state index contributed by atoms with van der Waals surface area (Å²) in [4.78, 5) is 11.0. The first-order chi connectivity index (χ1) is 7.31. The summed E-state index contributed by atoms with van der Waals surface area (Å²) in [7, 11) is 1.85. The van der Waals surface area contributed by atoms with Gasteiger partial charge in [0.15, 0.2) is 0 Å². The van der Waals surface area contributed by atoms with Crippen molar-refractivity contribution in [1.29, 1.82) is 0 Å². The predicted molar refractivity (Wildman–Crippen MR) is 62.2 cm³/mol. The van der Waals surface area contributed by atoms with E-state index in [2.05, 4.69) is 27.1 Å². The van der Waals surface area contributed by atoms with E-state index in [0.717, 1.165) is 12.4 Å². The van der Waals surface area contributed by atoms with Crippen molar-refractivity contribution in [2.45, 2.75) is 32.2 Å². The van der Waals surface area contributed by atoms with Crippen molar-refractivity contribution in [2.75, 3.05) is 23.8 Å². The fourth-order valence-electron chi connectivity index (χ4n) is 2.07. The monoisotopic (exact) mass is 206 g/mol. The van der Waals surface area contributed by atoms with Crippen molar-refractivity contribution in [3.05, 3.63) is 12.3 Å². The van der Waals surface area contributed by atoms with Crippen molar-refractivity contribution in [3.63, 3.8) is 0 Å². The van der Waals surface area contributed by atoms with E-state index in [-0.39, 0.29) is 0 Å². The van der Waals surface area contributed by atoms with Gasteiger partial charge in [0.25, 0.3) is 0 Å². The smallest absolute Gasteiger partial charge is 0.224 e. The van der Waals surface area contributed by atoms with E-state index in [9.17, 15) is 0 Å². The Hall–Kier alpha value is -1.32. The lowest BCUT2D eigenvalue weighted by molar-refractivity contribution is 0.481. The largest absolute Gasteiger partial charge is 0.357 e. The van der Waals surface area contributed by atoms with Gasteiger partial charge in [0.05, 0.1) is 0 Å². The molecule has 0 amide bonds. The molecule has 0 aliphatic carbocycles. The molecule has 4 heteroatoms. The number of anilines is 2. The molecule has 0 saturated carbocycles. The van der Waals surface area contributed by atoms with Gasteiger partial charge in [-0.05, 0) is 32.3 Å². The summed E-state index contributed by atoms with van der Waals surface area (Å²) in [5.74, 6) is 1.74. The number of piperidine rings is 1. The summed E-state index contributed by atoms with van der Waals surface area (Å²) in [5, 5.41) is 2.97. The van der Waals surface area contributed by atoms with Crippen molar-refractivity contribution >= 4 is 11.8 Å². The third-order valence-corrected chi connectivity index (χ3v) is 2.96. The van der Waals surface area contributed by atoms with E-state index in [4.69, 9.17) is 0 Å². The molecule has 0 spiro atoms. The summed E-state index contributed by atoms with van der Waals surface area (Å²) in [6, 6.07) is 2.58. The van der Waals surface area contributed by atoms with Crippen LogP contribution in [0.5, 0.6) is 0 Å². The molecule has 1 atom stereocenters. The molecule has 1 unspecified atom stereocenters. The van der Waals surface area contributed by atoms with Gasteiger partial charge in [-0.15, -0.1) is 0 Å². The average molecular weight is 206 g/mol. The number of aromatic nitrogens is 2. The van der Waals surface area contributed by atoms with Crippen LogP contribution in [-0.2, 0) is 0 Å². The number of nitrogens with one attached hydrogen (secondary N) is 1. The van der Waals surface area contributed by atoms with Crippen molar-refractivity contribution in [2.24, 2.45) is 0 Å². The van der Waals surface area contributed by atoms with E-state index in [0.29, 0.717) is 12.0 Å². The van der Waals surface area contributed by atoms with Crippen LogP contribution in [-0.4, -0.2) is 29.6 Å². The van der Waals surface area contributed by atoms with Crippen LogP contribution in [0.3, 0.4) is 0 Å². The van der Waals surface area contributed by atoms with Crippen LogP contribution >= 0.6 is 0 Å². The lowest BCUT2D eigenvalue weighted by Gasteiger charge is -2.34. The highest BCUT2D eigenvalue weighted by atomic mass is 15.2. The van der Waals surface area contributed by atoms with Gasteiger partial charge >= 0.3 is 0 Å². The second kappa shape index (κ2) is 4.47. The molecule has 1 aromatic heterocycles. The van der Waals surface area contributed by atoms with Crippen LogP contribution in [0.1, 0.15) is 26.2 Å². The first-order valence-electron chi connectivity index (χ1n) is 5.58. The Balaban J connectivity index is 2.19. The summed E-state index contributed by atoms with van der Waals surface area (Å²) in [6.45, 7) is 3.38. The zero-order valence-electron chi connectivity index (χ0n) is 9.40. The Morgan fingerprint density at radius 1 is 1.47 bits per heavy atom. The molecular weight excluding hydrogens is 188 g/mol. The number of nitrogens with zero attached hydrogens (tertiary/aromatic N) is 3. The minimum Gasteiger partial charge on any atom is -0.357 e. The second-order valence-corrected chi connectivity index (χ2v) is 4.03. The summed E-state index contributed by atoms with van der Waals surface area (Å²) < 4.78 is 0. The molecule has 0 aromatic carbocycles. The van der Waals surface area contributed by atoms with Gasteiger partial charge in [0, 0.05) is 25.8 Å². The molecule has 1 aromatic rings. The average Bonchev–Trinajstić information content (AvgIpc) is 2.30. The number of hydrogen-bond donors (Lipinski definition) is 1. The highest BCUT2D eigenvalue weighted by molar-refractivity contribution is 5.43. The van der Waals surface area contributed by atoms with Crippen LogP contribution in [0.15, 0.2) is 12.3 Å². The first kappa shape index (κ1) is 10.2. The lowest BCUT2D eigenvalue weighted by Crippen LogP contribution is -2.38. The minimum absolute atomic E-state index is 0.596. The molecule has 0 radical (unpaired) electrons. The first-order valence-corrected chi connectivity index (χ1v) is 5.58. The molecule has 2 rings (SSSR count). The summed E-state index contributed by atoms with van der Waals surface area (Å²) in [5.41, 5.74) is 0. The van der Waals surface area contributed by atoms with Crippen LogP contribution in [0.2, 0.25) is 0 Å². The second-order valence-electron chi connectivity index (χ2n) is 4.03. The van der Waals surface area contributed by atoms with E-state index < -0.39 is 0 Å². The molecule has 82 valence electrons. The molecular formula is C11H18N4. The standard InChI is InChI=1S/C11H18N4/c1-9-5-3-4-8-15(9)10-6-7-13-11(12-2)14-10/h6-7,9H,3-5,8H2,1-2H3,(H,12,13,14). The van der Waals surface area contributed by atoms with Crippen LogP contribution in [0, 0.1) is 0 Å². The zero-order chi connectivity index (χ0) is 10.7. The van der Waals surface area contributed by atoms with E-state index in [1.165, 1.54) is 19.3 Å². The molecule has 15 heavy (non-hydrogen) atoms. The molecule has 2 heterocycles. The molecule has 0 bridgehead atoms. The Kier molecular flexibility index (Phi) is 3.04. The van der Waals surface area contributed by atoms with E-state index in [1.807, 2.05) is 19.3 Å². The lowest BCUT2D eigenvalue weighted by atomic mass is 10.0. The molecule has 1 fully saturated rings. The molecule has 1 N–H and O–H groups in total. The van der Waals surface area contributed by atoms with Gasteiger partial charge in [0.1, 0.15) is 5.82 Å². The van der Waals surface area contributed by atoms with Crippen molar-refractivity contribution < 1.29 is 0 Å². The fourth-order valence-corrected chi connectivity index (χ4v) is 2.07. The number of hydrogen-bond acceptors (Lipinski definition) is 4. The Labute approximate surface area is 90.7 Å². The van der Waals surface area contributed by atoms with Crippen LogP contribution < -0.4 is 10.2 Å². The van der Waals surface area contributed by atoms with Crippen molar-refractivity contribution in [1.82, 2.24) is 9.97 Å². The third kappa shape index (κ3) is 2.19. The van der Waals surface area contributed by atoms with Gasteiger partial charge in [-0.2, -0.15) is 4.98 Å². The maximum absolute atomic E-state index is 4.47. The summed E-state index contributed by atoms with van der Waals surface area (Å²) in [6.07, 6.45) is 5.68. The third-order valence-electron chi connectivity index (χ3n) is 2.96. The van der Waals surface area contributed by atoms with Gasteiger partial charge in [-0.1, -0.05) is 0 Å². The maximum Gasteiger partial charge on any atom is 0.224 e. The minimum atomic E-state index is 0.596. The Morgan fingerprint density at radius 3 is 3.07 bits per heavy atom. The molecule has 4 nitrogen and oxygen atoms in total. The Morgan fingerprint density at radius 2 is 2.33 bits per heavy atom. The fraction of sp³-hybridized carbons (Fsp3) is 0.636. The highest BCUT2D eigenvalue weighted by Gasteiger charge is 2.19. The molecule has 1 saturated heterocycles. The van der Waals surface area contributed by atoms with Crippen molar-refractivity contribution in [3.8, 4) is 0 Å². The normalized spacial score (nSPS) is 21.5. The van der Waals surface area contributed by atoms with E-state index in [1.54, 1.807) is 0 Å². The van der Waals surface area contributed by atoms with Crippen LogP contribution in [0.25, 0.3) is 0 Å². The topological polar surface area (TPSA) is 41.1 Å². The quantitative estimate of drug-likeness (QED) is 0.802. The van der Waals surface area contributed by atoms with Gasteiger partial charge in [-0.25, -0.2) is 4.98 Å². The van der Waals surface area contributed by atoms with Gasteiger partial charge in [-0.3, -0.25) is 0 Å². The molecule has 1 aliphatic rings. The molecule has 1 aliphatic heterocycles. The van der Waals surface area contributed by atoms with E-state index >= 15 is 0 Å². The van der Waals surface area contributed by atoms with Gasteiger partial charge < -0.3 is 10.2 Å². The summed E-state index contributed by atoms with van der Waals surface area (Å²) >= 11 is 0. The zero-order valence-corrected chi connectivity index (χ0v) is 9.40. The van der Waals surface area contributed by atoms with Crippen LogP contribution in [0.4, 0.5) is 11.8 Å². The SMILES string of the molecule is CNc1nccc(N2CCCCC2C)n1. The number of rotatable bonds is 2. The maximum atomic E-state index is 4.47.